The number of nitrogens with one attached hydrogen (secondary N) is 2. The summed E-state index contributed by atoms with van der Waals surface area (Å²) in [7, 11) is 0. The van der Waals surface area contributed by atoms with Crippen molar-refractivity contribution in [1.29, 1.82) is 0 Å². The van der Waals surface area contributed by atoms with Crippen molar-refractivity contribution in [3.63, 3.8) is 0 Å². The maximum absolute atomic E-state index is 13.3. The van der Waals surface area contributed by atoms with Gasteiger partial charge in [0.1, 0.15) is 6.04 Å². The number of likely N-dealkylation sites (tertiary alicyclic amines) is 1. The molecule has 0 aliphatic carbocycles. The molecule has 3 aromatic rings. The SMILES string of the molecule is CC(C)CC(NC(=O)c1ccc2ccccc2c1)C(=O)N[C@H]1CCCN(Cc2ccccc2)CC1=O. The quantitative estimate of drug-likeness (QED) is 0.498. The first-order valence-electron chi connectivity index (χ1n) is 12.8. The van der Waals surface area contributed by atoms with Crippen LogP contribution in [0.5, 0.6) is 0 Å². The Morgan fingerprint density at radius 1 is 0.972 bits per heavy atom. The topological polar surface area (TPSA) is 78.5 Å². The number of hydrogen-bond donors (Lipinski definition) is 2. The van der Waals surface area contributed by atoms with Crippen LogP contribution in [0.2, 0.25) is 0 Å². The largest absolute Gasteiger partial charge is 0.344 e. The number of hydrogen-bond acceptors (Lipinski definition) is 4. The Morgan fingerprint density at radius 3 is 2.44 bits per heavy atom. The predicted octanol–water partition coefficient (Wildman–Crippen LogP) is 4.33. The average Bonchev–Trinajstić information content (AvgIpc) is 3.04. The Bertz CT molecular complexity index is 1210. The Balaban J connectivity index is 1.40. The molecule has 1 fully saturated rings. The number of amides is 2. The number of carbonyl (C=O) groups is 3. The van der Waals surface area contributed by atoms with Gasteiger partial charge in [-0.1, -0.05) is 74.5 Å². The van der Waals surface area contributed by atoms with Gasteiger partial charge in [0.2, 0.25) is 5.91 Å². The highest BCUT2D eigenvalue weighted by atomic mass is 16.2. The zero-order valence-corrected chi connectivity index (χ0v) is 21.1. The Morgan fingerprint density at radius 2 is 1.69 bits per heavy atom. The molecule has 6 nitrogen and oxygen atoms in total. The molecule has 1 aliphatic rings. The Hall–Kier alpha value is -3.51. The minimum atomic E-state index is -0.708. The third-order valence-electron chi connectivity index (χ3n) is 6.64. The van der Waals surface area contributed by atoms with Gasteiger partial charge in [-0.05, 0) is 60.2 Å². The lowest BCUT2D eigenvalue weighted by Crippen LogP contribution is -2.52. The van der Waals surface area contributed by atoms with E-state index in [0.29, 0.717) is 31.5 Å². The molecule has 1 saturated heterocycles. The fourth-order valence-electron chi connectivity index (χ4n) is 4.77. The Kier molecular flexibility index (Phi) is 8.49. The van der Waals surface area contributed by atoms with Crippen LogP contribution in [-0.4, -0.2) is 47.7 Å². The third-order valence-corrected chi connectivity index (χ3v) is 6.64. The second kappa shape index (κ2) is 12.0. The number of Topliss-reactive ketones (excluding diaryl/α,β-unsaturated/α-hetero) is 1. The highest BCUT2D eigenvalue weighted by Gasteiger charge is 2.30. The molecule has 1 aliphatic heterocycles. The lowest BCUT2D eigenvalue weighted by Gasteiger charge is -2.24. The summed E-state index contributed by atoms with van der Waals surface area (Å²) in [6.07, 6.45) is 1.91. The van der Waals surface area contributed by atoms with Crippen molar-refractivity contribution in [2.75, 3.05) is 13.1 Å². The summed E-state index contributed by atoms with van der Waals surface area (Å²) >= 11 is 0. The summed E-state index contributed by atoms with van der Waals surface area (Å²) in [5, 5.41) is 7.90. The molecule has 4 rings (SSSR count). The van der Waals surface area contributed by atoms with E-state index in [1.165, 1.54) is 5.56 Å². The molecule has 3 aromatic carbocycles. The molecule has 2 atom stereocenters. The fraction of sp³-hybridized carbons (Fsp3) is 0.367. The molecule has 2 N–H and O–H groups in total. The van der Waals surface area contributed by atoms with Crippen LogP contribution in [-0.2, 0) is 16.1 Å². The average molecular weight is 486 g/mol. The van der Waals surface area contributed by atoms with E-state index in [4.69, 9.17) is 0 Å². The molecule has 36 heavy (non-hydrogen) atoms. The standard InChI is InChI=1S/C30H35N3O3/c1-21(2)17-27(32-29(35)25-15-14-23-11-6-7-12-24(23)18-25)30(36)31-26-13-8-16-33(20-28(26)34)19-22-9-4-3-5-10-22/h3-7,9-12,14-15,18,21,26-27H,8,13,16-17,19-20H2,1-2H3,(H,31,36)(H,32,35)/t26-,27?/m0/s1. The van der Waals surface area contributed by atoms with Crippen LogP contribution >= 0.6 is 0 Å². The molecule has 0 aromatic heterocycles. The minimum absolute atomic E-state index is 0.0148. The zero-order valence-electron chi connectivity index (χ0n) is 21.1. The van der Waals surface area contributed by atoms with Gasteiger partial charge in [0, 0.05) is 12.1 Å². The molecule has 6 heteroatoms. The monoisotopic (exact) mass is 485 g/mol. The minimum Gasteiger partial charge on any atom is -0.344 e. The zero-order chi connectivity index (χ0) is 25.5. The molecule has 0 radical (unpaired) electrons. The van der Waals surface area contributed by atoms with Crippen molar-refractivity contribution in [3.8, 4) is 0 Å². The van der Waals surface area contributed by atoms with Crippen LogP contribution in [0.4, 0.5) is 0 Å². The summed E-state index contributed by atoms with van der Waals surface area (Å²) in [5.41, 5.74) is 1.68. The maximum atomic E-state index is 13.3. The van der Waals surface area contributed by atoms with E-state index < -0.39 is 12.1 Å². The second-order valence-corrected chi connectivity index (χ2v) is 10.1. The number of fused-ring (bicyclic) bond motifs is 1. The van der Waals surface area contributed by atoms with Gasteiger partial charge in [0.15, 0.2) is 5.78 Å². The van der Waals surface area contributed by atoms with Crippen LogP contribution in [0.3, 0.4) is 0 Å². The summed E-state index contributed by atoms with van der Waals surface area (Å²) in [5.74, 6) is -0.375. The maximum Gasteiger partial charge on any atom is 0.251 e. The summed E-state index contributed by atoms with van der Waals surface area (Å²) in [6.45, 7) is 5.85. The van der Waals surface area contributed by atoms with E-state index in [1.807, 2.05) is 68.4 Å². The number of ketones is 1. The molecular formula is C30H35N3O3. The lowest BCUT2D eigenvalue weighted by molar-refractivity contribution is -0.129. The van der Waals surface area contributed by atoms with Gasteiger partial charge in [-0.25, -0.2) is 0 Å². The van der Waals surface area contributed by atoms with E-state index in [0.717, 1.165) is 23.7 Å². The van der Waals surface area contributed by atoms with Gasteiger partial charge < -0.3 is 10.6 Å². The molecule has 1 unspecified atom stereocenters. The van der Waals surface area contributed by atoms with Crippen molar-refractivity contribution in [3.05, 3.63) is 83.9 Å². The molecule has 0 bridgehead atoms. The van der Waals surface area contributed by atoms with E-state index in [1.54, 1.807) is 6.07 Å². The van der Waals surface area contributed by atoms with E-state index in [-0.39, 0.29) is 23.5 Å². The lowest BCUT2D eigenvalue weighted by atomic mass is 10.0. The molecule has 188 valence electrons. The van der Waals surface area contributed by atoms with Crippen molar-refractivity contribution in [2.24, 2.45) is 5.92 Å². The van der Waals surface area contributed by atoms with Gasteiger partial charge in [-0.3, -0.25) is 19.3 Å². The van der Waals surface area contributed by atoms with E-state index in [2.05, 4.69) is 27.7 Å². The van der Waals surface area contributed by atoms with Gasteiger partial charge in [-0.2, -0.15) is 0 Å². The van der Waals surface area contributed by atoms with Crippen molar-refractivity contribution in [1.82, 2.24) is 15.5 Å². The van der Waals surface area contributed by atoms with Crippen molar-refractivity contribution in [2.45, 2.75) is 51.7 Å². The van der Waals surface area contributed by atoms with E-state index in [9.17, 15) is 14.4 Å². The van der Waals surface area contributed by atoms with E-state index >= 15 is 0 Å². The number of benzene rings is 3. The van der Waals surface area contributed by atoms with Gasteiger partial charge in [0.05, 0.1) is 12.6 Å². The number of rotatable bonds is 8. The summed E-state index contributed by atoms with van der Waals surface area (Å²) in [4.78, 5) is 41.5. The molecule has 1 heterocycles. The number of nitrogens with zero attached hydrogens (tertiary/aromatic N) is 1. The van der Waals surface area contributed by atoms with Crippen LogP contribution in [0.25, 0.3) is 10.8 Å². The van der Waals surface area contributed by atoms with Gasteiger partial charge in [-0.15, -0.1) is 0 Å². The van der Waals surface area contributed by atoms with Gasteiger partial charge in [0.25, 0.3) is 5.91 Å². The van der Waals surface area contributed by atoms with Gasteiger partial charge >= 0.3 is 0 Å². The first-order chi connectivity index (χ1) is 17.4. The normalized spacial score (nSPS) is 17.5. The Labute approximate surface area is 213 Å². The first kappa shape index (κ1) is 25.6. The van der Waals surface area contributed by atoms with Crippen molar-refractivity contribution < 1.29 is 14.4 Å². The molecule has 0 saturated carbocycles. The third kappa shape index (κ3) is 6.79. The van der Waals surface area contributed by atoms with Crippen LogP contribution in [0.1, 0.15) is 49.0 Å². The van der Waals surface area contributed by atoms with Crippen LogP contribution in [0.15, 0.2) is 72.8 Å². The molecule has 0 spiro atoms. The molecular weight excluding hydrogens is 450 g/mol. The smallest absolute Gasteiger partial charge is 0.251 e. The molecule has 2 amide bonds. The fourth-order valence-corrected chi connectivity index (χ4v) is 4.77. The summed E-state index contributed by atoms with van der Waals surface area (Å²) < 4.78 is 0. The first-order valence-corrected chi connectivity index (χ1v) is 12.8. The second-order valence-electron chi connectivity index (χ2n) is 10.1. The number of carbonyl (C=O) groups excluding carboxylic acids is 3. The van der Waals surface area contributed by atoms with Crippen LogP contribution < -0.4 is 10.6 Å². The highest BCUT2D eigenvalue weighted by Crippen LogP contribution is 2.17. The predicted molar refractivity (Wildman–Crippen MR) is 143 cm³/mol. The highest BCUT2D eigenvalue weighted by molar-refractivity contribution is 6.01. The van der Waals surface area contributed by atoms with Crippen molar-refractivity contribution >= 4 is 28.4 Å². The van der Waals surface area contributed by atoms with Crippen LogP contribution in [0, 0.1) is 5.92 Å². The summed E-state index contributed by atoms with van der Waals surface area (Å²) in [6, 6.07) is 22.2.